The summed E-state index contributed by atoms with van der Waals surface area (Å²) in [7, 11) is 0. The van der Waals surface area contributed by atoms with Crippen LogP contribution in [0.3, 0.4) is 0 Å². The maximum Gasteiger partial charge on any atom is 0.320 e. The van der Waals surface area contributed by atoms with Crippen molar-refractivity contribution in [1.82, 2.24) is 4.90 Å². The Bertz CT molecular complexity index is 219. The molecule has 1 saturated heterocycles. The quantitative estimate of drug-likeness (QED) is 0.699. The van der Waals surface area contributed by atoms with Crippen molar-refractivity contribution in [3.8, 4) is 0 Å². The van der Waals surface area contributed by atoms with Gasteiger partial charge in [-0.2, -0.15) is 0 Å². The van der Waals surface area contributed by atoms with Gasteiger partial charge < -0.3 is 10.5 Å². The van der Waals surface area contributed by atoms with Crippen LogP contribution in [0.15, 0.2) is 0 Å². The van der Waals surface area contributed by atoms with Crippen molar-refractivity contribution in [2.45, 2.75) is 39.3 Å². The molecule has 0 radical (unpaired) electrons. The van der Waals surface area contributed by atoms with Crippen LogP contribution in [0, 0.1) is 5.92 Å². The third-order valence-corrected chi connectivity index (χ3v) is 2.82. The van der Waals surface area contributed by atoms with Crippen molar-refractivity contribution < 1.29 is 9.53 Å². The monoisotopic (exact) mass is 214 g/mol. The first-order valence-electron chi connectivity index (χ1n) is 5.66. The van der Waals surface area contributed by atoms with Gasteiger partial charge in [-0.3, -0.25) is 9.69 Å². The Balaban J connectivity index is 2.30. The van der Waals surface area contributed by atoms with E-state index in [2.05, 4.69) is 11.8 Å². The molecule has 0 bridgehead atoms. The molecule has 0 aromatic carbocycles. The van der Waals surface area contributed by atoms with Gasteiger partial charge in [0.2, 0.25) is 0 Å². The summed E-state index contributed by atoms with van der Waals surface area (Å²) >= 11 is 0. The number of likely N-dealkylation sites (tertiary alicyclic amines) is 1. The highest BCUT2D eigenvalue weighted by Gasteiger charge is 2.24. The second kappa shape index (κ2) is 5.47. The van der Waals surface area contributed by atoms with Crippen LogP contribution in [0.25, 0.3) is 0 Å². The third-order valence-electron chi connectivity index (χ3n) is 2.82. The van der Waals surface area contributed by atoms with Crippen LogP contribution in [-0.4, -0.2) is 42.6 Å². The first kappa shape index (κ1) is 12.5. The lowest BCUT2D eigenvalue weighted by Gasteiger charge is -2.34. The third kappa shape index (κ3) is 4.18. The van der Waals surface area contributed by atoms with E-state index < -0.39 is 0 Å². The van der Waals surface area contributed by atoms with Crippen LogP contribution in [-0.2, 0) is 9.53 Å². The molecule has 0 saturated carbocycles. The summed E-state index contributed by atoms with van der Waals surface area (Å²) in [4.78, 5) is 13.5. The van der Waals surface area contributed by atoms with Crippen LogP contribution in [0.4, 0.5) is 0 Å². The lowest BCUT2D eigenvalue weighted by molar-refractivity contribution is -0.149. The molecule has 4 nitrogen and oxygen atoms in total. The highest BCUT2D eigenvalue weighted by atomic mass is 16.5. The van der Waals surface area contributed by atoms with Gasteiger partial charge in [0, 0.05) is 12.6 Å². The van der Waals surface area contributed by atoms with E-state index in [-0.39, 0.29) is 18.1 Å². The molecular formula is C11H22N2O2. The Morgan fingerprint density at radius 2 is 2.27 bits per heavy atom. The first-order chi connectivity index (χ1) is 6.99. The summed E-state index contributed by atoms with van der Waals surface area (Å²) in [6.45, 7) is 8.01. The summed E-state index contributed by atoms with van der Waals surface area (Å²) in [6, 6.07) is 0.186. The number of hydrogen-bond donors (Lipinski definition) is 1. The van der Waals surface area contributed by atoms with Crippen molar-refractivity contribution in [3.05, 3.63) is 0 Å². The maximum atomic E-state index is 11.4. The van der Waals surface area contributed by atoms with Gasteiger partial charge in [0.05, 0.1) is 12.6 Å². The standard InChI is InChI=1S/C11H22N2O2/c1-8(2)15-11(14)7-13-5-4-9(3)10(12)6-13/h8-10H,4-7,12H2,1-3H3. The molecule has 0 aliphatic carbocycles. The van der Waals surface area contributed by atoms with Gasteiger partial charge in [-0.15, -0.1) is 0 Å². The Morgan fingerprint density at radius 1 is 1.60 bits per heavy atom. The minimum atomic E-state index is -0.147. The second-order valence-corrected chi connectivity index (χ2v) is 4.70. The minimum absolute atomic E-state index is 0.0325. The van der Waals surface area contributed by atoms with Crippen molar-refractivity contribution >= 4 is 5.97 Å². The van der Waals surface area contributed by atoms with E-state index in [4.69, 9.17) is 10.5 Å². The number of ether oxygens (including phenoxy) is 1. The number of nitrogens with zero attached hydrogens (tertiary/aromatic N) is 1. The molecule has 2 atom stereocenters. The predicted octanol–water partition coefficient (Wildman–Crippen LogP) is 0.607. The lowest BCUT2D eigenvalue weighted by Crippen LogP contribution is -2.49. The molecule has 0 aromatic heterocycles. The fourth-order valence-corrected chi connectivity index (χ4v) is 1.80. The molecule has 2 N–H and O–H groups in total. The van der Waals surface area contributed by atoms with Crippen LogP contribution >= 0.6 is 0 Å². The van der Waals surface area contributed by atoms with Gasteiger partial charge in [0.1, 0.15) is 0 Å². The van der Waals surface area contributed by atoms with Crippen molar-refractivity contribution in [2.75, 3.05) is 19.6 Å². The van der Waals surface area contributed by atoms with Crippen LogP contribution in [0.5, 0.6) is 0 Å². The number of carbonyl (C=O) groups is 1. The van der Waals surface area contributed by atoms with Gasteiger partial charge >= 0.3 is 5.97 Å². The van der Waals surface area contributed by atoms with Crippen LogP contribution in [0.1, 0.15) is 27.2 Å². The van der Waals surface area contributed by atoms with Gasteiger partial charge in [0.15, 0.2) is 0 Å². The highest BCUT2D eigenvalue weighted by molar-refractivity contribution is 5.71. The zero-order valence-corrected chi connectivity index (χ0v) is 9.90. The lowest BCUT2D eigenvalue weighted by atomic mass is 9.94. The Kier molecular flexibility index (Phi) is 4.54. The van der Waals surface area contributed by atoms with E-state index >= 15 is 0 Å². The topological polar surface area (TPSA) is 55.6 Å². The minimum Gasteiger partial charge on any atom is -0.462 e. The Hall–Kier alpha value is -0.610. The molecule has 1 fully saturated rings. The van der Waals surface area contributed by atoms with Crippen molar-refractivity contribution in [1.29, 1.82) is 0 Å². The predicted molar refractivity (Wildman–Crippen MR) is 59.4 cm³/mol. The van der Waals surface area contributed by atoms with Crippen LogP contribution in [0.2, 0.25) is 0 Å². The Morgan fingerprint density at radius 3 is 2.80 bits per heavy atom. The molecule has 1 rings (SSSR count). The molecule has 1 heterocycles. The van der Waals surface area contributed by atoms with E-state index in [0.717, 1.165) is 19.5 Å². The van der Waals surface area contributed by atoms with Gasteiger partial charge in [-0.05, 0) is 32.7 Å². The molecule has 4 heteroatoms. The van der Waals surface area contributed by atoms with E-state index in [1.165, 1.54) is 0 Å². The van der Waals surface area contributed by atoms with Crippen LogP contribution < -0.4 is 5.73 Å². The van der Waals surface area contributed by atoms with E-state index in [9.17, 15) is 4.79 Å². The molecule has 0 aromatic rings. The van der Waals surface area contributed by atoms with E-state index in [0.29, 0.717) is 12.5 Å². The number of nitrogens with two attached hydrogens (primary N) is 1. The van der Waals surface area contributed by atoms with Gasteiger partial charge in [-0.25, -0.2) is 0 Å². The molecular weight excluding hydrogens is 192 g/mol. The number of hydrogen-bond acceptors (Lipinski definition) is 4. The van der Waals surface area contributed by atoms with E-state index in [1.807, 2.05) is 13.8 Å². The second-order valence-electron chi connectivity index (χ2n) is 4.70. The summed E-state index contributed by atoms with van der Waals surface area (Å²) in [5.41, 5.74) is 5.95. The first-order valence-corrected chi connectivity index (χ1v) is 5.66. The molecule has 0 spiro atoms. The number of esters is 1. The molecule has 88 valence electrons. The van der Waals surface area contributed by atoms with E-state index in [1.54, 1.807) is 0 Å². The normalized spacial score (nSPS) is 28.1. The smallest absolute Gasteiger partial charge is 0.320 e. The van der Waals surface area contributed by atoms with Gasteiger partial charge in [0.25, 0.3) is 0 Å². The molecule has 1 aliphatic rings. The number of piperidine rings is 1. The summed E-state index contributed by atoms with van der Waals surface area (Å²) < 4.78 is 5.09. The molecule has 2 unspecified atom stereocenters. The average molecular weight is 214 g/mol. The molecule has 0 amide bonds. The zero-order valence-electron chi connectivity index (χ0n) is 9.90. The van der Waals surface area contributed by atoms with Gasteiger partial charge in [-0.1, -0.05) is 6.92 Å². The average Bonchev–Trinajstić information content (AvgIpc) is 2.10. The molecule has 1 aliphatic heterocycles. The highest BCUT2D eigenvalue weighted by Crippen LogP contribution is 2.15. The maximum absolute atomic E-state index is 11.4. The Labute approximate surface area is 91.8 Å². The fraction of sp³-hybridized carbons (Fsp3) is 0.909. The molecule has 15 heavy (non-hydrogen) atoms. The summed E-state index contributed by atoms with van der Waals surface area (Å²) in [6.07, 6.45) is 1.03. The largest absolute Gasteiger partial charge is 0.462 e. The summed E-state index contributed by atoms with van der Waals surface area (Å²) in [5.74, 6) is 0.411. The SMILES string of the molecule is CC(C)OC(=O)CN1CCC(C)C(N)C1. The van der Waals surface area contributed by atoms with Crippen molar-refractivity contribution in [3.63, 3.8) is 0 Å². The summed E-state index contributed by atoms with van der Waals surface area (Å²) in [5, 5.41) is 0. The number of rotatable bonds is 3. The zero-order chi connectivity index (χ0) is 11.4. The fourth-order valence-electron chi connectivity index (χ4n) is 1.80. The van der Waals surface area contributed by atoms with Crippen molar-refractivity contribution in [2.24, 2.45) is 11.7 Å². The number of carbonyl (C=O) groups excluding carboxylic acids is 1.